The molecular weight excluding hydrogens is 364 g/mol. The number of carbonyl (C=O) groups excluding carboxylic acids is 2. The maximum Gasteiger partial charge on any atom is 0.324 e. The Balaban J connectivity index is 1.88. The average Bonchev–Trinajstić information content (AvgIpc) is 3.18. The molecular formula is C25H30O4. The van der Waals surface area contributed by atoms with E-state index in [0.717, 1.165) is 18.4 Å². The lowest BCUT2D eigenvalue weighted by Gasteiger charge is -2.30. The molecule has 0 unspecified atom stereocenters. The van der Waals surface area contributed by atoms with E-state index in [-0.39, 0.29) is 22.6 Å². The van der Waals surface area contributed by atoms with E-state index in [1.165, 1.54) is 0 Å². The third-order valence-corrected chi connectivity index (χ3v) is 6.88. The lowest BCUT2D eigenvalue weighted by Crippen LogP contribution is -2.35. The van der Waals surface area contributed by atoms with Crippen molar-refractivity contribution in [2.45, 2.75) is 47.0 Å². The second kappa shape index (κ2) is 6.86. The molecule has 154 valence electrons. The van der Waals surface area contributed by atoms with Gasteiger partial charge in [0.15, 0.2) is 5.78 Å². The minimum Gasteiger partial charge on any atom is -0.497 e. The first-order valence-corrected chi connectivity index (χ1v) is 10.6. The number of hydrogen-bond donors (Lipinski definition) is 0. The Morgan fingerprint density at radius 3 is 2.48 bits per heavy atom. The van der Waals surface area contributed by atoms with Crippen molar-refractivity contribution < 1.29 is 19.1 Å². The van der Waals surface area contributed by atoms with Crippen LogP contribution in [0.1, 0.15) is 57.3 Å². The predicted octanol–water partition coefficient (Wildman–Crippen LogP) is 5.11. The molecule has 0 heterocycles. The maximum atomic E-state index is 13.3. The van der Waals surface area contributed by atoms with Crippen molar-refractivity contribution in [2.75, 3.05) is 13.2 Å². The van der Waals surface area contributed by atoms with Gasteiger partial charge in [-0.3, -0.25) is 9.59 Å². The van der Waals surface area contributed by atoms with Gasteiger partial charge in [-0.2, -0.15) is 0 Å². The van der Waals surface area contributed by atoms with Gasteiger partial charge < -0.3 is 9.47 Å². The highest BCUT2D eigenvalue weighted by atomic mass is 16.5. The topological polar surface area (TPSA) is 52.6 Å². The lowest BCUT2D eigenvalue weighted by molar-refractivity contribution is -0.152. The van der Waals surface area contributed by atoms with Crippen LogP contribution in [0, 0.1) is 22.2 Å². The van der Waals surface area contributed by atoms with E-state index in [2.05, 4.69) is 19.9 Å². The fraction of sp³-hybridized carbons (Fsp3) is 0.520. The molecule has 2 bridgehead atoms. The third-order valence-electron chi connectivity index (χ3n) is 6.88. The zero-order valence-electron chi connectivity index (χ0n) is 17.8. The molecule has 29 heavy (non-hydrogen) atoms. The van der Waals surface area contributed by atoms with Crippen molar-refractivity contribution in [3.63, 3.8) is 0 Å². The minimum atomic E-state index is -0.961. The first-order valence-electron chi connectivity index (χ1n) is 10.6. The van der Waals surface area contributed by atoms with Crippen LogP contribution in [0.2, 0.25) is 0 Å². The van der Waals surface area contributed by atoms with Gasteiger partial charge >= 0.3 is 5.97 Å². The number of hydrogen-bond acceptors (Lipinski definition) is 4. The standard InChI is InChI=1S/C25H30O4/c1-5-28-21-15-24-16-23(3,4)13-18(24)14-25(21,22(27)29-6-2)20(24)12-19(26)17-10-8-7-9-11-17/h7-12,15,18H,5-6,13-14,16H2,1-4H3/b20-12+/t18-,24-,25+/m1/s1. The number of allylic oxidation sites excluding steroid dienone is 2. The summed E-state index contributed by atoms with van der Waals surface area (Å²) in [5.74, 6) is 0.654. The van der Waals surface area contributed by atoms with Gasteiger partial charge in [0.1, 0.15) is 11.2 Å². The fourth-order valence-electron chi connectivity index (χ4n) is 6.08. The second-order valence-corrected chi connectivity index (χ2v) is 9.34. The van der Waals surface area contributed by atoms with Crippen LogP contribution in [0.3, 0.4) is 0 Å². The predicted molar refractivity (Wildman–Crippen MR) is 111 cm³/mol. The molecule has 0 aromatic heterocycles. The van der Waals surface area contributed by atoms with E-state index < -0.39 is 5.41 Å². The molecule has 0 radical (unpaired) electrons. The summed E-state index contributed by atoms with van der Waals surface area (Å²) in [6.07, 6.45) is 6.48. The van der Waals surface area contributed by atoms with Crippen molar-refractivity contribution >= 4 is 11.8 Å². The Labute approximate surface area is 173 Å². The first-order chi connectivity index (χ1) is 13.8. The molecule has 0 aliphatic heterocycles. The van der Waals surface area contributed by atoms with Crippen LogP contribution in [0.5, 0.6) is 0 Å². The first kappa shape index (κ1) is 19.9. The van der Waals surface area contributed by atoms with Crippen LogP contribution in [-0.2, 0) is 14.3 Å². The third kappa shape index (κ3) is 2.87. The summed E-state index contributed by atoms with van der Waals surface area (Å²) in [7, 11) is 0. The molecule has 1 aromatic rings. The van der Waals surface area contributed by atoms with E-state index >= 15 is 0 Å². The van der Waals surface area contributed by atoms with E-state index in [1.807, 2.05) is 44.2 Å². The highest BCUT2D eigenvalue weighted by Gasteiger charge is 2.72. The monoisotopic (exact) mass is 394 g/mol. The van der Waals surface area contributed by atoms with Gasteiger partial charge in [-0.25, -0.2) is 0 Å². The van der Waals surface area contributed by atoms with Gasteiger partial charge in [0.25, 0.3) is 0 Å². The van der Waals surface area contributed by atoms with Crippen molar-refractivity contribution in [1.29, 1.82) is 0 Å². The minimum absolute atomic E-state index is 0.0647. The molecule has 4 heteroatoms. The molecule has 4 rings (SSSR count). The molecule has 0 N–H and O–H groups in total. The number of carbonyl (C=O) groups is 2. The molecule has 3 aliphatic rings. The number of benzene rings is 1. The van der Waals surface area contributed by atoms with E-state index in [4.69, 9.17) is 9.47 Å². The normalized spacial score (nSPS) is 32.8. The largest absolute Gasteiger partial charge is 0.497 e. The fourth-order valence-corrected chi connectivity index (χ4v) is 6.08. The van der Waals surface area contributed by atoms with Crippen molar-refractivity contribution in [3.05, 3.63) is 59.4 Å². The molecule has 1 spiro atoms. The number of rotatable bonds is 6. The van der Waals surface area contributed by atoms with Crippen molar-refractivity contribution in [3.8, 4) is 0 Å². The van der Waals surface area contributed by atoms with Crippen LogP contribution in [0.4, 0.5) is 0 Å². The smallest absolute Gasteiger partial charge is 0.324 e. The van der Waals surface area contributed by atoms with Crippen LogP contribution in [-0.4, -0.2) is 25.0 Å². The molecule has 1 aromatic carbocycles. The van der Waals surface area contributed by atoms with Gasteiger partial charge in [-0.1, -0.05) is 44.2 Å². The molecule has 4 nitrogen and oxygen atoms in total. The SMILES string of the molecule is CCOC(=O)[C@]12C[C@H]3CC(C)(C)C[C@@]3(C=C1OCC)/C2=C\C(=O)c1ccccc1. The lowest BCUT2D eigenvalue weighted by atomic mass is 9.75. The summed E-state index contributed by atoms with van der Waals surface area (Å²) in [5.41, 5.74) is 0.409. The maximum absolute atomic E-state index is 13.3. The summed E-state index contributed by atoms with van der Waals surface area (Å²) >= 11 is 0. The van der Waals surface area contributed by atoms with Crippen LogP contribution < -0.4 is 0 Å². The van der Waals surface area contributed by atoms with E-state index in [0.29, 0.717) is 36.9 Å². The summed E-state index contributed by atoms with van der Waals surface area (Å²) in [5, 5.41) is 0. The zero-order chi connectivity index (χ0) is 20.9. The highest BCUT2D eigenvalue weighted by molar-refractivity contribution is 6.06. The van der Waals surface area contributed by atoms with Crippen LogP contribution in [0.25, 0.3) is 0 Å². The van der Waals surface area contributed by atoms with E-state index in [1.54, 1.807) is 6.08 Å². The Morgan fingerprint density at radius 2 is 1.83 bits per heavy atom. The van der Waals surface area contributed by atoms with Gasteiger partial charge in [-0.15, -0.1) is 0 Å². The van der Waals surface area contributed by atoms with Gasteiger partial charge in [-0.05, 0) is 62.2 Å². The number of esters is 1. The van der Waals surface area contributed by atoms with Crippen LogP contribution >= 0.6 is 0 Å². The Hall–Kier alpha value is -2.36. The number of ether oxygens (including phenoxy) is 2. The Kier molecular flexibility index (Phi) is 4.71. The number of ketones is 1. The molecule has 0 saturated heterocycles. The average molecular weight is 395 g/mol. The van der Waals surface area contributed by atoms with Gasteiger partial charge in [0.2, 0.25) is 0 Å². The molecule has 0 amide bonds. The van der Waals surface area contributed by atoms with Crippen molar-refractivity contribution in [1.82, 2.24) is 0 Å². The van der Waals surface area contributed by atoms with Gasteiger partial charge in [0, 0.05) is 11.0 Å². The molecule has 3 aliphatic carbocycles. The molecule has 2 saturated carbocycles. The summed E-state index contributed by atoms with van der Waals surface area (Å²) in [6, 6.07) is 9.25. The number of fused-ring (bicyclic) bond motifs is 1. The van der Waals surface area contributed by atoms with Crippen molar-refractivity contribution in [2.24, 2.45) is 22.2 Å². The Morgan fingerprint density at radius 1 is 1.10 bits per heavy atom. The molecule has 2 fully saturated rings. The summed E-state index contributed by atoms with van der Waals surface area (Å²) in [6.45, 7) is 9.09. The second-order valence-electron chi connectivity index (χ2n) is 9.34. The summed E-state index contributed by atoms with van der Waals surface area (Å²) in [4.78, 5) is 26.5. The van der Waals surface area contributed by atoms with Gasteiger partial charge in [0.05, 0.1) is 13.2 Å². The van der Waals surface area contributed by atoms with Crippen LogP contribution in [0.15, 0.2) is 53.8 Å². The summed E-state index contributed by atoms with van der Waals surface area (Å²) < 4.78 is 11.5. The van der Waals surface area contributed by atoms with E-state index in [9.17, 15) is 9.59 Å². The molecule has 3 atom stereocenters. The highest BCUT2D eigenvalue weighted by Crippen LogP contribution is 2.75. The quantitative estimate of drug-likeness (QED) is 0.382. The Bertz CT molecular complexity index is 895. The zero-order valence-corrected chi connectivity index (χ0v) is 17.8.